The van der Waals surface area contributed by atoms with Crippen molar-refractivity contribution in [3.05, 3.63) is 40.4 Å². The van der Waals surface area contributed by atoms with Gasteiger partial charge in [0, 0.05) is 46.1 Å². The quantitative estimate of drug-likeness (QED) is 0.902. The second kappa shape index (κ2) is 6.27. The van der Waals surface area contributed by atoms with E-state index >= 15 is 0 Å². The van der Waals surface area contributed by atoms with E-state index < -0.39 is 0 Å². The van der Waals surface area contributed by atoms with Crippen molar-refractivity contribution >= 4 is 16.8 Å². The first-order valence-corrected chi connectivity index (χ1v) is 7.59. The molecule has 0 aliphatic carbocycles. The van der Waals surface area contributed by atoms with E-state index in [1.54, 1.807) is 13.0 Å². The van der Waals surface area contributed by atoms with Crippen LogP contribution in [0.15, 0.2) is 29.1 Å². The van der Waals surface area contributed by atoms with Gasteiger partial charge in [-0.1, -0.05) is 12.1 Å². The number of hydrogen-bond acceptors (Lipinski definition) is 4. The second-order valence-corrected chi connectivity index (χ2v) is 5.63. The van der Waals surface area contributed by atoms with Crippen LogP contribution in [0.3, 0.4) is 0 Å². The van der Waals surface area contributed by atoms with Crippen LogP contribution in [0.5, 0.6) is 0 Å². The highest BCUT2D eigenvalue weighted by molar-refractivity contribution is 5.77. The molecule has 0 unspecified atom stereocenters. The molecular formula is C16H20N4O2. The molecule has 0 bridgehead atoms. The minimum atomic E-state index is -0.0815. The molecule has 1 amide bonds. The van der Waals surface area contributed by atoms with Gasteiger partial charge in [0.2, 0.25) is 5.91 Å². The number of nitrogens with one attached hydrogen (secondary N) is 1. The van der Waals surface area contributed by atoms with Gasteiger partial charge in [0.15, 0.2) is 0 Å². The topological polar surface area (TPSA) is 69.3 Å². The Bertz CT molecular complexity index is 732. The standard InChI is InChI=1S/C16H20N4O2/c1-12(21)20-10-8-19(9-11-20)7-6-15-17-14-5-3-2-4-13(14)16(22)18-15/h2-5H,6-11H2,1H3,(H,17,18,22). The smallest absolute Gasteiger partial charge is 0.258 e. The number of nitrogens with zero attached hydrogens (tertiary/aromatic N) is 3. The molecule has 0 radical (unpaired) electrons. The fourth-order valence-corrected chi connectivity index (χ4v) is 2.80. The van der Waals surface area contributed by atoms with Crippen molar-refractivity contribution in [3.8, 4) is 0 Å². The number of fused-ring (bicyclic) bond motifs is 1. The molecule has 116 valence electrons. The number of para-hydroxylation sites is 1. The zero-order valence-electron chi connectivity index (χ0n) is 12.7. The van der Waals surface area contributed by atoms with E-state index in [2.05, 4.69) is 14.9 Å². The number of piperazine rings is 1. The molecule has 2 aromatic rings. The van der Waals surface area contributed by atoms with Gasteiger partial charge in [0.05, 0.1) is 10.9 Å². The summed E-state index contributed by atoms with van der Waals surface area (Å²) in [6.45, 7) is 5.75. The van der Waals surface area contributed by atoms with Crippen LogP contribution in [0.25, 0.3) is 10.9 Å². The molecule has 6 heteroatoms. The van der Waals surface area contributed by atoms with Gasteiger partial charge in [-0.2, -0.15) is 0 Å². The van der Waals surface area contributed by atoms with E-state index in [0.717, 1.165) is 44.1 Å². The number of amides is 1. The molecule has 1 aromatic heterocycles. The van der Waals surface area contributed by atoms with Gasteiger partial charge in [-0.3, -0.25) is 14.5 Å². The number of H-pyrrole nitrogens is 1. The molecule has 6 nitrogen and oxygen atoms in total. The van der Waals surface area contributed by atoms with Crippen LogP contribution in [-0.2, 0) is 11.2 Å². The highest BCUT2D eigenvalue weighted by Crippen LogP contribution is 2.07. The Morgan fingerprint density at radius 2 is 1.95 bits per heavy atom. The summed E-state index contributed by atoms with van der Waals surface area (Å²) in [6, 6.07) is 7.37. The number of carbonyl (C=O) groups excluding carboxylic acids is 1. The number of aromatic amines is 1. The molecule has 22 heavy (non-hydrogen) atoms. The normalized spacial score (nSPS) is 16.1. The first kappa shape index (κ1) is 14.7. The minimum Gasteiger partial charge on any atom is -0.340 e. The summed E-state index contributed by atoms with van der Waals surface area (Å²) >= 11 is 0. The van der Waals surface area contributed by atoms with Crippen molar-refractivity contribution < 1.29 is 4.79 Å². The lowest BCUT2D eigenvalue weighted by Crippen LogP contribution is -2.48. The molecule has 1 aromatic carbocycles. The molecular weight excluding hydrogens is 280 g/mol. The van der Waals surface area contributed by atoms with Crippen LogP contribution >= 0.6 is 0 Å². The van der Waals surface area contributed by atoms with Gasteiger partial charge in [-0.25, -0.2) is 4.98 Å². The lowest BCUT2D eigenvalue weighted by molar-refractivity contribution is -0.130. The summed E-state index contributed by atoms with van der Waals surface area (Å²) in [6.07, 6.45) is 0.708. The number of carbonyl (C=O) groups is 1. The average Bonchev–Trinajstić information content (AvgIpc) is 2.53. The van der Waals surface area contributed by atoms with Crippen molar-refractivity contribution in [2.45, 2.75) is 13.3 Å². The Labute approximate surface area is 128 Å². The number of aromatic nitrogens is 2. The second-order valence-electron chi connectivity index (χ2n) is 5.63. The predicted octanol–water partition coefficient (Wildman–Crippen LogP) is 0.630. The third kappa shape index (κ3) is 3.17. The first-order valence-electron chi connectivity index (χ1n) is 7.59. The van der Waals surface area contributed by atoms with Gasteiger partial charge in [0.1, 0.15) is 5.82 Å². The van der Waals surface area contributed by atoms with Gasteiger partial charge in [0.25, 0.3) is 5.56 Å². The maximum absolute atomic E-state index is 12.0. The van der Waals surface area contributed by atoms with Crippen LogP contribution in [-0.4, -0.2) is 58.4 Å². The number of benzene rings is 1. The molecule has 3 rings (SSSR count). The van der Waals surface area contributed by atoms with Gasteiger partial charge in [-0.15, -0.1) is 0 Å². The lowest BCUT2D eigenvalue weighted by Gasteiger charge is -2.34. The van der Waals surface area contributed by atoms with Crippen LogP contribution in [0.1, 0.15) is 12.7 Å². The van der Waals surface area contributed by atoms with E-state index in [-0.39, 0.29) is 11.5 Å². The van der Waals surface area contributed by atoms with E-state index in [0.29, 0.717) is 11.8 Å². The van der Waals surface area contributed by atoms with Crippen LogP contribution < -0.4 is 5.56 Å². The van der Waals surface area contributed by atoms with E-state index in [9.17, 15) is 9.59 Å². The SMILES string of the molecule is CC(=O)N1CCN(CCc2nc3ccccc3c(=O)[nH]2)CC1. The molecule has 1 aliphatic rings. The van der Waals surface area contributed by atoms with Crippen molar-refractivity contribution in [3.63, 3.8) is 0 Å². The molecule has 0 spiro atoms. The highest BCUT2D eigenvalue weighted by atomic mass is 16.2. The van der Waals surface area contributed by atoms with E-state index in [4.69, 9.17) is 0 Å². The Morgan fingerprint density at radius 3 is 2.68 bits per heavy atom. The zero-order chi connectivity index (χ0) is 15.5. The van der Waals surface area contributed by atoms with Crippen LogP contribution in [0.2, 0.25) is 0 Å². The molecule has 0 atom stereocenters. The predicted molar refractivity (Wildman–Crippen MR) is 84.8 cm³/mol. The van der Waals surface area contributed by atoms with E-state index in [1.165, 1.54) is 0 Å². The maximum atomic E-state index is 12.0. The Balaban J connectivity index is 1.63. The minimum absolute atomic E-state index is 0.0815. The van der Waals surface area contributed by atoms with Gasteiger partial charge < -0.3 is 9.88 Å². The van der Waals surface area contributed by atoms with Crippen molar-refractivity contribution in [2.75, 3.05) is 32.7 Å². The van der Waals surface area contributed by atoms with Gasteiger partial charge >= 0.3 is 0 Å². The summed E-state index contributed by atoms with van der Waals surface area (Å²) in [4.78, 5) is 34.9. The number of rotatable bonds is 3. The molecule has 2 heterocycles. The largest absolute Gasteiger partial charge is 0.340 e. The van der Waals surface area contributed by atoms with Crippen LogP contribution in [0, 0.1) is 0 Å². The summed E-state index contributed by atoms with van der Waals surface area (Å²) in [7, 11) is 0. The Morgan fingerprint density at radius 1 is 1.23 bits per heavy atom. The molecule has 0 saturated carbocycles. The molecule has 1 saturated heterocycles. The van der Waals surface area contributed by atoms with Crippen LogP contribution in [0.4, 0.5) is 0 Å². The van der Waals surface area contributed by atoms with Crippen molar-refractivity contribution in [2.24, 2.45) is 0 Å². The van der Waals surface area contributed by atoms with Crippen molar-refractivity contribution in [1.82, 2.24) is 19.8 Å². The zero-order valence-corrected chi connectivity index (χ0v) is 12.7. The average molecular weight is 300 g/mol. The summed E-state index contributed by atoms with van der Waals surface area (Å²) in [5, 5.41) is 0.626. The fourth-order valence-electron chi connectivity index (χ4n) is 2.80. The maximum Gasteiger partial charge on any atom is 0.258 e. The lowest BCUT2D eigenvalue weighted by atomic mass is 10.2. The Hall–Kier alpha value is -2.21. The summed E-state index contributed by atoms with van der Waals surface area (Å²) in [5.41, 5.74) is 0.657. The summed E-state index contributed by atoms with van der Waals surface area (Å²) < 4.78 is 0. The Kier molecular flexibility index (Phi) is 4.20. The number of hydrogen-bond donors (Lipinski definition) is 1. The van der Waals surface area contributed by atoms with Gasteiger partial charge in [-0.05, 0) is 12.1 Å². The van der Waals surface area contributed by atoms with E-state index in [1.807, 2.05) is 23.1 Å². The highest BCUT2D eigenvalue weighted by Gasteiger charge is 2.18. The third-order valence-electron chi connectivity index (χ3n) is 4.14. The monoisotopic (exact) mass is 300 g/mol. The fraction of sp³-hybridized carbons (Fsp3) is 0.438. The summed E-state index contributed by atoms with van der Waals surface area (Å²) in [5.74, 6) is 0.859. The molecule has 1 N–H and O–H groups in total. The molecule has 1 fully saturated rings. The first-order chi connectivity index (χ1) is 10.6. The third-order valence-corrected chi connectivity index (χ3v) is 4.14. The van der Waals surface area contributed by atoms with Crippen molar-refractivity contribution in [1.29, 1.82) is 0 Å². The molecule has 1 aliphatic heterocycles.